The molecule has 1 atom stereocenters. The maximum Gasteiger partial charge on any atom is 0.446 e. The molecular weight excluding hydrogens is 409 g/mol. The number of amides is 2. The number of urea groups is 1. The summed E-state index contributed by atoms with van der Waals surface area (Å²) in [6, 6.07) is 3.42. The van der Waals surface area contributed by atoms with E-state index in [4.69, 9.17) is 9.47 Å². The maximum atomic E-state index is 12.5. The minimum absolute atomic E-state index is 0.0740. The van der Waals surface area contributed by atoms with Crippen molar-refractivity contribution < 1.29 is 32.2 Å². The standard InChI is InChI=1S/C19H27F3N2O4S/c1-17(2,3)27-11-14(15(25)28-18(4,5)6)24-16(26)23-12-8-7-9-13(10-12)29-19(20,21)22/h7-10,14H,11H2,1-6H3,(H2,23,24,26). The first-order valence-corrected chi connectivity index (χ1v) is 9.66. The average Bonchev–Trinajstić information content (AvgIpc) is 2.47. The van der Waals surface area contributed by atoms with Gasteiger partial charge in [-0.05, 0) is 71.5 Å². The van der Waals surface area contributed by atoms with E-state index in [9.17, 15) is 22.8 Å². The van der Waals surface area contributed by atoms with Crippen LogP contribution in [-0.4, -0.2) is 41.4 Å². The highest BCUT2D eigenvalue weighted by atomic mass is 32.2. The lowest BCUT2D eigenvalue weighted by molar-refractivity contribution is -0.160. The van der Waals surface area contributed by atoms with E-state index >= 15 is 0 Å². The van der Waals surface area contributed by atoms with Gasteiger partial charge in [-0.1, -0.05) is 6.07 Å². The lowest BCUT2D eigenvalue weighted by Crippen LogP contribution is -2.49. The number of ether oxygens (including phenoxy) is 2. The number of anilines is 1. The Morgan fingerprint density at radius 2 is 1.69 bits per heavy atom. The van der Waals surface area contributed by atoms with Gasteiger partial charge < -0.3 is 20.1 Å². The van der Waals surface area contributed by atoms with E-state index < -0.39 is 34.8 Å². The quantitative estimate of drug-likeness (QED) is 0.488. The van der Waals surface area contributed by atoms with Gasteiger partial charge in [-0.2, -0.15) is 13.2 Å². The molecule has 0 saturated heterocycles. The van der Waals surface area contributed by atoms with Gasteiger partial charge in [0, 0.05) is 10.6 Å². The van der Waals surface area contributed by atoms with Crippen molar-refractivity contribution in [2.24, 2.45) is 0 Å². The number of nitrogens with one attached hydrogen (secondary N) is 2. The van der Waals surface area contributed by atoms with Crippen molar-refractivity contribution in [2.75, 3.05) is 11.9 Å². The number of halogens is 3. The molecule has 164 valence electrons. The second kappa shape index (κ2) is 9.71. The summed E-state index contributed by atoms with van der Waals surface area (Å²) in [5, 5.41) is 4.87. The van der Waals surface area contributed by atoms with E-state index in [0.29, 0.717) is 0 Å². The first-order chi connectivity index (χ1) is 13.0. The van der Waals surface area contributed by atoms with Crippen LogP contribution in [0.15, 0.2) is 29.2 Å². The number of hydrogen-bond donors (Lipinski definition) is 2. The molecule has 1 rings (SSSR count). The summed E-state index contributed by atoms with van der Waals surface area (Å²) >= 11 is -0.288. The molecule has 1 aromatic carbocycles. The molecule has 0 aliphatic carbocycles. The number of hydrogen-bond acceptors (Lipinski definition) is 5. The summed E-state index contributed by atoms with van der Waals surface area (Å²) < 4.78 is 48.4. The number of thioether (sulfide) groups is 1. The average molecular weight is 436 g/mol. The summed E-state index contributed by atoms with van der Waals surface area (Å²) in [5.41, 5.74) is -5.61. The zero-order valence-electron chi connectivity index (χ0n) is 17.3. The second-order valence-electron chi connectivity index (χ2n) is 8.18. The van der Waals surface area contributed by atoms with Crippen LogP contribution in [0, 0.1) is 0 Å². The molecule has 0 fully saturated rings. The van der Waals surface area contributed by atoms with Crippen LogP contribution in [0.25, 0.3) is 0 Å². The highest BCUT2D eigenvalue weighted by molar-refractivity contribution is 8.00. The number of esters is 1. The predicted molar refractivity (Wildman–Crippen MR) is 106 cm³/mol. The van der Waals surface area contributed by atoms with Crippen molar-refractivity contribution in [1.82, 2.24) is 5.32 Å². The van der Waals surface area contributed by atoms with Crippen LogP contribution in [0.2, 0.25) is 0 Å². The predicted octanol–water partition coefficient (Wildman–Crippen LogP) is 4.95. The maximum absolute atomic E-state index is 12.5. The molecule has 2 N–H and O–H groups in total. The number of alkyl halides is 3. The third-order valence-corrected chi connectivity index (χ3v) is 3.73. The topological polar surface area (TPSA) is 76.7 Å². The molecule has 0 aromatic heterocycles. The molecule has 2 amide bonds. The first-order valence-electron chi connectivity index (χ1n) is 8.84. The Labute approximate surface area is 172 Å². The van der Waals surface area contributed by atoms with Crippen LogP contribution in [0.5, 0.6) is 0 Å². The van der Waals surface area contributed by atoms with Gasteiger partial charge in [0.05, 0.1) is 12.2 Å². The Morgan fingerprint density at radius 3 is 2.21 bits per heavy atom. The van der Waals surface area contributed by atoms with E-state index in [0.717, 1.165) is 0 Å². The number of carbonyl (C=O) groups excluding carboxylic acids is 2. The van der Waals surface area contributed by atoms with Crippen LogP contribution in [0.4, 0.5) is 23.7 Å². The minimum Gasteiger partial charge on any atom is -0.458 e. The Hall–Kier alpha value is -1.94. The molecule has 0 radical (unpaired) electrons. The third-order valence-electron chi connectivity index (χ3n) is 3.01. The Bertz CT molecular complexity index is 713. The van der Waals surface area contributed by atoms with Crippen LogP contribution >= 0.6 is 11.8 Å². The van der Waals surface area contributed by atoms with Gasteiger partial charge in [-0.25, -0.2) is 9.59 Å². The van der Waals surface area contributed by atoms with Crippen LogP contribution < -0.4 is 10.6 Å². The van der Waals surface area contributed by atoms with Gasteiger partial charge in [0.2, 0.25) is 0 Å². The van der Waals surface area contributed by atoms with Gasteiger partial charge in [0.15, 0.2) is 6.04 Å². The Balaban J connectivity index is 2.83. The SMILES string of the molecule is CC(C)(C)OCC(NC(=O)Nc1cccc(SC(F)(F)F)c1)C(=O)OC(C)(C)C. The summed E-state index contributed by atoms with van der Waals surface area (Å²) in [4.78, 5) is 24.6. The fraction of sp³-hybridized carbons (Fsp3) is 0.579. The molecule has 0 aliphatic rings. The summed E-state index contributed by atoms with van der Waals surface area (Å²) in [6.45, 7) is 10.3. The molecule has 0 heterocycles. The number of rotatable bonds is 6. The van der Waals surface area contributed by atoms with E-state index in [1.165, 1.54) is 24.3 Å². The molecule has 0 bridgehead atoms. The molecular formula is C19H27F3N2O4S. The van der Waals surface area contributed by atoms with Gasteiger partial charge in [-0.15, -0.1) is 0 Å². The summed E-state index contributed by atoms with van der Waals surface area (Å²) in [5.74, 6) is -0.682. The monoisotopic (exact) mass is 436 g/mol. The van der Waals surface area contributed by atoms with Crippen LogP contribution in [-0.2, 0) is 14.3 Å². The third kappa shape index (κ3) is 11.6. The Kier molecular flexibility index (Phi) is 8.40. The first kappa shape index (κ1) is 25.1. The summed E-state index contributed by atoms with van der Waals surface area (Å²) in [6.07, 6.45) is 0. The van der Waals surface area contributed by atoms with Crippen LogP contribution in [0.1, 0.15) is 41.5 Å². The van der Waals surface area contributed by atoms with Gasteiger partial charge >= 0.3 is 17.5 Å². The molecule has 1 aromatic rings. The van der Waals surface area contributed by atoms with E-state index in [-0.39, 0.29) is 29.0 Å². The van der Waals surface area contributed by atoms with Gasteiger partial charge in [0.1, 0.15) is 5.60 Å². The van der Waals surface area contributed by atoms with Crippen molar-refractivity contribution in [1.29, 1.82) is 0 Å². The molecule has 10 heteroatoms. The zero-order valence-corrected chi connectivity index (χ0v) is 18.1. The van der Waals surface area contributed by atoms with Crippen molar-refractivity contribution in [3.05, 3.63) is 24.3 Å². The van der Waals surface area contributed by atoms with Crippen molar-refractivity contribution >= 4 is 29.4 Å². The van der Waals surface area contributed by atoms with Crippen molar-refractivity contribution in [3.8, 4) is 0 Å². The molecule has 29 heavy (non-hydrogen) atoms. The molecule has 0 aliphatic heterocycles. The number of benzene rings is 1. The van der Waals surface area contributed by atoms with Crippen LogP contribution in [0.3, 0.4) is 0 Å². The molecule has 0 spiro atoms. The fourth-order valence-electron chi connectivity index (χ4n) is 1.97. The number of carbonyl (C=O) groups is 2. The largest absolute Gasteiger partial charge is 0.458 e. The Morgan fingerprint density at radius 1 is 1.07 bits per heavy atom. The smallest absolute Gasteiger partial charge is 0.446 e. The summed E-state index contributed by atoms with van der Waals surface area (Å²) in [7, 11) is 0. The lowest BCUT2D eigenvalue weighted by Gasteiger charge is -2.27. The van der Waals surface area contributed by atoms with E-state index in [1.54, 1.807) is 41.5 Å². The van der Waals surface area contributed by atoms with Crippen molar-refractivity contribution in [2.45, 2.75) is 69.2 Å². The lowest BCUT2D eigenvalue weighted by atomic mass is 10.1. The molecule has 1 unspecified atom stereocenters. The fourth-order valence-corrected chi connectivity index (χ4v) is 2.57. The highest BCUT2D eigenvalue weighted by Gasteiger charge is 2.30. The minimum atomic E-state index is -4.44. The van der Waals surface area contributed by atoms with Gasteiger partial charge in [0.25, 0.3) is 0 Å². The zero-order chi connectivity index (χ0) is 22.5. The molecule has 0 saturated carbocycles. The van der Waals surface area contributed by atoms with Crippen molar-refractivity contribution in [3.63, 3.8) is 0 Å². The normalized spacial score (nSPS) is 13.6. The van der Waals surface area contributed by atoms with Gasteiger partial charge in [-0.3, -0.25) is 0 Å². The second-order valence-corrected chi connectivity index (χ2v) is 9.32. The highest BCUT2D eigenvalue weighted by Crippen LogP contribution is 2.37. The molecule has 6 nitrogen and oxygen atoms in total. The van der Waals surface area contributed by atoms with E-state index in [2.05, 4.69) is 10.6 Å². The van der Waals surface area contributed by atoms with E-state index in [1.807, 2.05) is 0 Å².